The van der Waals surface area contributed by atoms with E-state index in [-0.39, 0.29) is 55.4 Å². The molecule has 3 aromatic heterocycles. The van der Waals surface area contributed by atoms with Gasteiger partial charge in [0, 0.05) is 74.7 Å². The number of aromatic amines is 2. The highest BCUT2D eigenvalue weighted by atomic mass is 31.2. The van der Waals surface area contributed by atoms with Crippen molar-refractivity contribution in [2.45, 2.75) is 107 Å². The Balaban J connectivity index is 1.17. The van der Waals surface area contributed by atoms with Gasteiger partial charge >= 0.3 is 11.4 Å². The van der Waals surface area contributed by atoms with Crippen LogP contribution in [0.5, 0.6) is 11.5 Å². The first-order valence-corrected chi connectivity index (χ1v) is 26.0. The fourth-order valence-corrected chi connectivity index (χ4v) is 13.9. The third kappa shape index (κ3) is 10.5. The van der Waals surface area contributed by atoms with Gasteiger partial charge in [0.2, 0.25) is 5.89 Å². The molecule has 0 saturated carbocycles. The molecule has 0 unspecified atom stereocenters. The summed E-state index contributed by atoms with van der Waals surface area (Å²) in [6.07, 6.45) is -5.37. The van der Waals surface area contributed by atoms with Gasteiger partial charge in [-0.25, -0.2) is 18.6 Å². The second kappa shape index (κ2) is 22.8. The number of hydrogen-bond acceptors (Lipinski definition) is 15. The highest BCUT2D eigenvalue weighted by Crippen LogP contribution is 2.61. The lowest BCUT2D eigenvalue weighted by atomic mass is 9.80. The van der Waals surface area contributed by atoms with Gasteiger partial charge in [0.1, 0.15) is 23.2 Å². The van der Waals surface area contributed by atoms with Crippen LogP contribution in [0.2, 0.25) is 0 Å². The first-order chi connectivity index (χ1) is 35.6. The molecule has 8 rings (SSSR count). The molecule has 0 spiro atoms. The van der Waals surface area contributed by atoms with E-state index in [1.54, 1.807) is 18.9 Å². The predicted octanol–water partition coefficient (Wildman–Crippen LogP) is 5.72. The summed E-state index contributed by atoms with van der Waals surface area (Å²) in [4.78, 5) is 60.0. The third-order valence-electron chi connectivity index (χ3n) is 13.9. The second-order valence-electron chi connectivity index (χ2n) is 18.7. The van der Waals surface area contributed by atoms with Crippen LogP contribution in [0.15, 0.2) is 127 Å². The Labute approximate surface area is 425 Å². The number of nitrogens with zero attached hydrogens (tertiary/aromatic N) is 6. The van der Waals surface area contributed by atoms with Gasteiger partial charge in [-0.05, 0) is 41.0 Å². The number of alkyl halides is 1. The lowest BCUT2D eigenvalue weighted by molar-refractivity contribution is -0.0877. The molecule has 8 atom stereocenters. The standard InChI is InChI=1S/C52H60FN8O12P/c1-31(2)74(66,32(3)4)61(25-11-24-54)46-39(71-49(47(46)69-7)60-27-23-43(63)57-51(60)65)29-41-55-44(73-58-41)28-38-40(72-48(45(38)53)59-26-22-42(62)56-50(59)64)30-70-52(33-12-9-8-10-13-33,34-14-18-36(67-5)19-15-34)35-16-20-37(68-6)21-17-35/h8-10,12-23,26-27,31-32,38-40,45-49H,11,25,28-30H2,1-7H3,(H,56,62,64)(H,57,63,65)/t38-,39-,40-,45-,46-,47-,48-,49-/m1/s1. The molecule has 0 radical (unpaired) electrons. The fourth-order valence-electron chi connectivity index (χ4n) is 10.4. The van der Waals surface area contributed by atoms with Crippen LogP contribution in [0.3, 0.4) is 0 Å². The van der Waals surface area contributed by atoms with Crippen LogP contribution < -0.4 is 32.0 Å². The van der Waals surface area contributed by atoms with Gasteiger partial charge in [0.05, 0.1) is 45.1 Å². The molecule has 20 nitrogen and oxygen atoms in total. The molecule has 0 aliphatic carbocycles. The van der Waals surface area contributed by atoms with Crippen molar-refractivity contribution < 1.29 is 41.9 Å². The fraction of sp³-hybridized carbons (Fsp3) is 0.442. The molecule has 3 aromatic carbocycles. The summed E-state index contributed by atoms with van der Waals surface area (Å²) in [6.45, 7) is 7.22. The Morgan fingerprint density at radius 3 is 1.82 bits per heavy atom. The van der Waals surface area contributed by atoms with Gasteiger partial charge in [-0.15, -0.1) is 0 Å². The second-order valence-corrected chi connectivity index (χ2v) is 22.6. The number of hydrogen-bond donors (Lipinski definition) is 2. The maximum atomic E-state index is 17.4. The van der Waals surface area contributed by atoms with E-state index >= 15 is 8.96 Å². The van der Waals surface area contributed by atoms with Crippen LogP contribution in [-0.4, -0.2) is 110 Å². The maximum absolute atomic E-state index is 17.4. The molecule has 0 bridgehead atoms. The number of halogens is 1. The minimum Gasteiger partial charge on any atom is -0.497 e. The smallest absolute Gasteiger partial charge is 0.330 e. The van der Waals surface area contributed by atoms with Crippen molar-refractivity contribution in [2.75, 3.05) is 34.5 Å². The Hall–Kier alpha value is -6.79. The van der Waals surface area contributed by atoms with E-state index in [9.17, 15) is 24.4 Å². The quantitative estimate of drug-likeness (QED) is 0.0646. The van der Waals surface area contributed by atoms with Gasteiger partial charge in [0.25, 0.3) is 11.1 Å². The molecule has 2 fully saturated rings. The first-order valence-electron chi connectivity index (χ1n) is 24.2. The molecule has 2 aliphatic heterocycles. The summed E-state index contributed by atoms with van der Waals surface area (Å²) in [5, 5.41) is 14.1. The topological polar surface area (TPSA) is 248 Å². The normalized spacial score (nSPS) is 22.1. The van der Waals surface area contributed by atoms with Gasteiger partial charge in [0.15, 0.2) is 31.7 Å². The maximum Gasteiger partial charge on any atom is 0.330 e. The molecular weight excluding hydrogens is 979 g/mol. The van der Waals surface area contributed by atoms with Gasteiger partial charge in [-0.1, -0.05) is 87.4 Å². The van der Waals surface area contributed by atoms with E-state index in [2.05, 4.69) is 21.2 Å². The van der Waals surface area contributed by atoms with E-state index in [1.165, 1.54) is 30.1 Å². The summed E-state index contributed by atoms with van der Waals surface area (Å²) in [7, 11) is 1.22. The number of benzene rings is 3. The van der Waals surface area contributed by atoms with Gasteiger partial charge < -0.3 is 37.5 Å². The van der Waals surface area contributed by atoms with Crippen LogP contribution in [-0.2, 0) is 42.0 Å². The zero-order chi connectivity index (χ0) is 52.9. The van der Waals surface area contributed by atoms with Crippen molar-refractivity contribution in [3.63, 3.8) is 0 Å². The Kier molecular flexibility index (Phi) is 16.5. The van der Waals surface area contributed by atoms with Crippen molar-refractivity contribution in [3.05, 3.63) is 173 Å². The summed E-state index contributed by atoms with van der Waals surface area (Å²) < 4.78 is 79.8. The monoisotopic (exact) mass is 1040 g/mol. The molecule has 2 saturated heterocycles. The van der Waals surface area contributed by atoms with Gasteiger partial charge in [-0.2, -0.15) is 10.2 Å². The van der Waals surface area contributed by atoms with E-state index < -0.39 is 84.3 Å². The average molecular weight is 1040 g/mol. The predicted molar refractivity (Wildman–Crippen MR) is 268 cm³/mol. The molecule has 6 aromatic rings. The number of rotatable bonds is 21. The van der Waals surface area contributed by atoms with Crippen molar-refractivity contribution in [2.24, 2.45) is 5.92 Å². The lowest BCUT2D eigenvalue weighted by Gasteiger charge is -2.43. The molecule has 392 valence electrons. The first kappa shape index (κ1) is 53.5. The van der Waals surface area contributed by atoms with E-state index in [4.69, 9.17) is 37.9 Å². The van der Waals surface area contributed by atoms with Crippen LogP contribution in [0.1, 0.15) is 75.0 Å². The van der Waals surface area contributed by atoms with Crippen LogP contribution >= 0.6 is 7.29 Å². The van der Waals surface area contributed by atoms with Crippen LogP contribution in [0.25, 0.3) is 0 Å². The van der Waals surface area contributed by atoms with Crippen molar-refractivity contribution in [1.82, 2.24) is 33.9 Å². The lowest BCUT2D eigenvalue weighted by Crippen LogP contribution is -2.50. The minimum absolute atomic E-state index is 0.00189. The van der Waals surface area contributed by atoms with Crippen LogP contribution in [0, 0.1) is 17.2 Å². The number of nitrogens with one attached hydrogen (secondary N) is 2. The number of aromatic nitrogens is 6. The molecule has 22 heteroatoms. The average Bonchev–Trinajstić information content (AvgIpc) is 4.09. The van der Waals surface area contributed by atoms with E-state index in [1.807, 2.05) is 107 Å². The molecule has 0 amide bonds. The Morgan fingerprint density at radius 2 is 1.31 bits per heavy atom. The van der Waals surface area contributed by atoms with Gasteiger partial charge in [-0.3, -0.25) is 28.7 Å². The molecular formula is C52H60FN8O12P. The van der Waals surface area contributed by atoms with E-state index in [0.29, 0.717) is 22.6 Å². The minimum atomic E-state index is -3.34. The zero-order valence-electron chi connectivity index (χ0n) is 42.0. The number of H-pyrrole nitrogens is 2. The number of nitriles is 1. The summed E-state index contributed by atoms with van der Waals surface area (Å²) >= 11 is 0. The summed E-state index contributed by atoms with van der Waals surface area (Å²) in [5.41, 5.74) is -2.87. The number of ether oxygens (including phenoxy) is 6. The highest BCUT2D eigenvalue weighted by Gasteiger charge is 2.55. The number of methoxy groups -OCH3 is 3. The Morgan fingerprint density at radius 1 is 0.770 bits per heavy atom. The Bertz CT molecular complexity index is 3130. The summed E-state index contributed by atoms with van der Waals surface area (Å²) in [5.74, 6) is 0.233. The molecule has 5 heterocycles. The third-order valence-corrected chi connectivity index (χ3v) is 18.2. The highest BCUT2D eigenvalue weighted by molar-refractivity contribution is 7.62. The summed E-state index contributed by atoms with van der Waals surface area (Å²) in [6, 6.07) is 27.8. The molecule has 2 N–H and O–H groups in total. The molecule has 2 aliphatic rings. The van der Waals surface area contributed by atoms with Crippen molar-refractivity contribution in [3.8, 4) is 17.6 Å². The largest absolute Gasteiger partial charge is 0.497 e. The van der Waals surface area contributed by atoms with Crippen molar-refractivity contribution in [1.29, 1.82) is 5.26 Å². The van der Waals surface area contributed by atoms with E-state index in [0.717, 1.165) is 16.2 Å². The van der Waals surface area contributed by atoms with Crippen LogP contribution in [0.4, 0.5) is 4.39 Å². The SMILES string of the molecule is COc1ccc(C(OC[C@H]2O[C@@H](n3ccc(=O)[nH]c3=O)[C@H](F)[C@@H]2Cc2nc(C[C@H]3O[C@@H](n4ccc(=O)[nH]c4=O)[C@H](OC)[C@@H]3N(CCC#N)P(=O)(C(C)C)C(C)C)no2)(c2ccccc2)c2ccc(OC)cc2)cc1. The molecule has 74 heavy (non-hydrogen) atoms. The zero-order valence-corrected chi connectivity index (χ0v) is 42.9. The van der Waals surface area contributed by atoms with Crippen molar-refractivity contribution >= 4 is 7.29 Å².